The molecule has 0 unspecified atom stereocenters. The zero-order chi connectivity index (χ0) is 23.9. The third-order valence-corrected chi connectivity index (χ3v) is 5.17. The molecule has 0 fully saturated rings. The van der Waals surface area contributed by atoms with E-state index in [1.807, 2.05) is 68.4 Å². The van der Waals surface area contributed by atoms with Gasteiger partial charge in [-0.1, -0.05) is 29.8 Å². The van der Waals surface area contributed by atoms with Gasteiger partial charge in [-0.25, -0.2) is 15.0 Å². The molecule has 0 radical (unpaired) electrons. The summed E-state index contributed by atoms with van der Waals surface area (Å²) < 4.78 is 0. The van der Waals surface area contributed by atoms with Crippen molar-refractivity contribution >= 4 is 34.7 Å². The first-order valence-corrected chi connectivity index (χ1v) is 11.2. The predicted molar refractivity (Wildman–Crippen MR) is 137 cm³/mol. The summed E-state index contributed by atoms with van der Waals surface area (Å²) in [6.07, 6.45) is 2.91. The predicted octanol–water partition coefficient (Wildman–Crippen LogP) is 5.86. The molecule has 0 aliphatic rings. The number of carbonyl (C=O) groups is 1. The molecule has 0 saturated carbocycles. The number of aromatic nitrogens is 3. The number of nitrogens with one attached hydrogen (secondary N) is 3. The van der Waals surface area contributed by atoms with E-state index in [1.54, 1.807) is 6.20 Å². The van der Waals surface area contributed by atoms with Crippen molar-refractivity contribution in [1.82, 2.24) is 15.0 Å². The summed E-state index contributed by atoms with van der Waals surface area (Å²) in [5.41, 5.74) is 5.10. The van der Waals surface area contributed by atoms with Gasteiger partial charge in [0.25, 0.3) is 0 Å². The molecule has 2 aromatic carbocycles. The van der Waals surface area contributed by atoms with Gasteiger partial charge in [-0.05, 0) is 74.7 Å². The summed E-state index contributed by atoms with van der Waals surface area (Å²) in [5.74, 6) is 2.68. The smallest absolute Gasteiger partial charge is 0.224 e. The first-order valence-electron chi connectivity index (χ1n) is 11.2. The minimum absolute atomic E-state index is 0.00545. The number of carbonyl (C=O) groups excluding carboxylic acids is 1. The number of pyridine rings is 1. The second-order valence-corrected chi connectivity index (χ2v) is 8.27. The van der Waals surface area contributed by atoms with Gasteiger partial charge < -0.3 is 16.0 Å². The third-order valence-electron chi connectivity index (χ3n) is 5.17. The molecule has 2 aromatic heterocycles. The lowest BCUT2D eigenvalue weighted by atomic mass is 10.1. The number of hydrogen-bond donors (Lipinski definition) is 3. The van der Waals surface area contributed by atoms with Gasteiger partial charge in [0, 0.05) is 30.1 Å². The summed E-state index contributed by atoms with van der Waals surface area (Å²) in [6, 6.07) is 21.5. The highest BCUT2D eigenvalue weighted by atomic mass is 16.1. The highest BCUT2D eigenvalue weighted by molar-refractivity contribution is 5.91. The van der Waals surface area contributed by atoms with E-state index in [0.29, 0.717) is 30.3 Å². The Balaban J connectivity index is 1.35. The minimum Gasteiger partial charge on any atom is -0.340 e. The number of rotatable bonds is 8. The maximum atomic E-state index is 12.3. The lowest BCUT2D eigenvalue weighted by molar-refractivity contribution is -0.116. The molecular weight excluding hydrogens is 424 g/mol. The highest BCUT2D eigenvalue weighted by Gasteiger charge is 2.06. The number of nitrogens with zero attached hydrogens (tertiary/aromatic N) is 3. The first-order chi connectivity index (χ1) is 16.4. The van der Waals surface area contributed by atoms with Crippen LogP contribution in [0.3, 0.4) is 0 Å². The monoisotopic (exact) mass is 452 g/mol. The van der Waals surface area contributed by atoms with E-state index >= 15 is 0 Å². The standard InChI is InChI=1S/C27H28N6O/c1-18-5-4-6-21(15-18)7-12-27(34)32-23-10-8-22(9-11-23)31-25-17-26(30-20(3)29-25)33-24-16-19(2)13-14-28-24/h4-6,8-11,13-17H,7,12H2,1-3H3,(H,32,34)(H2,28,29,30,31,33). The van der Waals surface area contributed by atoms with Gasteiger partial charge in [-0.2, -0.15) is 0 Å². The molecule has 172 valence electrons. The number of anilines is 5. The molecule has 2 heterocycles. The van der Waals surface area contributed by atoms with Gasteiger partial charge in [-0.15, -0.1) is 0 Å². The Morgan fingerprint density at radius 1 is 0.765 bits per heavy atom. The zero-order valence-corrected chi connectivity index (χ0v) is 19.6. The minimum atomic E-state index is -0.00545. The SMILES string of the molecule is Cc1cccc(CCC(=O)Nc2ccc(Nc3cc(Nc4cc(C)ccn4)nc(C)n3)cc2)c1. The fourth-order valence-corrected chi connectivity index (χ4v) is 3.57. The van der Waals surface area contributed by atoms with Crippen LogP contribution in [-0.2, 0) is 11.2 Å². The van der Waals surface area contributed by atoms with Gasteiger partial charge >= 0.3 is 0 Å². The van der Waals surface area contributed by atoms with E-state index < -0.39 is 0 Å². The van der Waals surface area contributed by atoms with E-state index in [1.165, 1.54) is 11.1 Å². The van der Waals surface area contributed by atoms with E-state index in [9.17, 15) is 4.79 Å². The van der Waals surface area contributed by atoms with E-state index in [-0.39, 0.29) is 5.91 Å². The van der Waals surface area contributed by atoms with Crippen molar-refractivity contribution in [2.24, 2.45) is 0 Å². The van der Waals surface area contributed by atoms with Crippen LogP contribution in [0, 0.1) is 20.8 Å². The summed E-state index contributed by atoms with van der Waals surface area (Å²) in [5, 5.41) is 9.47. The zero-order valence-electron chi connectivity index (χ0n) is 19.6. The first kappa shape index (κ1) is 22.9. The summed E-state index contributed by atoms with van der Waals surface area (Å²) in [4.78, 5) is 25.6. The fraction of sp³-hybridized carbons (Fsp3) is 0.185. The van der Waals surface area contributed by atoms with Crippen molar-refractivity contribution in [3.8, 4) is 0 Å². The Bertz CT molecular complexity index is 1290. The average molecular weight is 453 g/mol. The van der Waals surface area contributed by atoms with Gasteiger partial charge in [0.15, 0.2) is 0 Å². The largest absolute Gasteiger partial charge is 0.340 e. The molecule has 0 bridgehead atoms. The van der Waals surface area contributed by atoms with Crippen LogP contribution in [0.2, 0.25) is 0 Å². The molecule has 1 amide bonds. The van der Waals surface area contributed by atoms with Crippen LogP contribution in [0.4, 0.5) is 28.8 Å². The Labute approximate surface area is 199 Å². The number of aryl methyl sites for hydroxylation is 4. The molecule has 7 heteroatoms. The molecule has 7 nitrogen and oxygen atoms in total. The van der Waals surface area contributed by atoms with E-state index in [2.05, 4.69) is 50.0 Å². The quantitative estimate of drug-likeness (QED) is 0.310. The Hall–Kier alpha value is -4.26. The Kier molecular flexibility index (Phi) is 7.13. The van der Waals surface area contributed by atoms with Gasteiger partial charge in [0.1, 0.15) is 23.3 Å². The van der Waals surface area contributed by atoms with Crippen LogP contribution in [0.15, 0.2) is 72.9 Å². The van der Waals surface area contributed by atoms with E-state index in [0.717, 1.165) is 22.8 Å². The van der Waals surface area contributed by atoms with Gasteiger partial charge in [0.2, 0.25) is 5.91 Å². The Morgan fingerprint density at radius 3 is 2.21 bits per heavy atom. The van der Waals surface area contributed by atoms with Crippen molar-refractivity contribution in [3.63, 3.8) is 0 Å². The van der Waals surface area contributed by atoms with Crippen molar-refractivity contribution in [2.75, 3.05) is 16.0 Å². The molecule has 34 heavy (non-hydrogen) atoms. The summed E-state index contributed by atoms with van der Waals surface area (Å²) in [6.45, 7) is 5.91. The van der Waals surface area contributed by atoms with Crippen molar-refractivity contribution in [2.45, 2.75) is 33.6 Å². The van der Waals surface area contributed by atoms with Crippen LogP contribution < -0.4 is 16.0 Å². The normalized spacial score (nSPS) is 10.6. The lowest BCUT2D eigenvalue weighted by Crippen LogP contribution is -2.12. The molecule has 0 aliphatic carbocycles. The second-order valence-electron chi connectivity index (χ2n) is 8.27. The maximum Gasteiger partial charge on any atom is 0.224 e. The third kappa shape index (κ3) is 6.62. The summed E-state index contributed by atoms with van der Waals surface area (Å²) in [7, 11) is 0. The Morgan fingerprint density at radius 2 is 1.47 bits per heavy atom. The van der Waals surface area contributed by atoms with Crippen LogP contribution >= 0.6 is 0 Å². The highest BCUT2D eigenvalue weighted by Crippen LogP contribution is 2.21. The van der Waals surface area contributed by atoms with Gasteiger partial charge in [-0.3, -0.25) is 4.79 Å². The average Bonchev–Trinajstić information content (AvgIpc) is 2.79. The second kappa shape index (κ2) is 10.6. The van der Waals surface area contributed by atoms with Crippen LogP contribution in [-0.4, -0.2) is 20.9 Å². The molecule has 4 rings (SSSR count). The molecule has 0 aliphatic heterocycles. The van der Waals surface area contributed by atoms with Crippen LogP contribution in [0.5, 0.6) is 0 Å². The van der Waals surface area contributed by atoms with E-state index in [4.69, 9.17) is 0 Å². The lowest BCUT2D eigenvalue weighted by Gasteiger charge is -2.11. The van der Waals surface area contributed by atoms with Crippen molar-refractivity contribution < 1.29 is 4.79 Å². The molecule has 0 saturated heterocycles. The molecule has 4 aromatic rings. The van der Waals surface area contributed by atoms with Crippen molar-refractivity contribution in [3.05, 3.63) is 95.4 Å². The molecule has 3 N–H and O–H groups in total. The number of hydrogen-bond acceptors (Lipinski definition) is 6. The topological polar surface area (TPSA) is 91.8 Å². The number of amides is 1. The van der Waals surface area contributed by atoms with Gasteiger partial charge in [0.05, 0.1) is 0 Å². The number of benzene rings is 2. The summed E-state index contributed by atoms with van der Waals surface area (Å²) >= 11 is 0. The molecular formula is C27H28N6O. The van der Waals surface area contributed by atoms with Crippen LogP contribution in [0.1, 0.15) is 28.9 Å². The van der Waals surface area contributed by atoms with Crippen molar-refractivity contribution in [1.29, 1.82) is 0 Å². The van der Waals surface area contributed by atoms with Crippen LogP contribution in [0.25, 0.3) is 0 Å². The maximum absolute atomic E-state index is 12.3. The molecule has 0 atom stereocenters. The fourth-order valence-electron chi connectivity index (χ4n) is 3.57. The molecule has 0 spiro atoms.